The third-order valence-electron chi connectivity index (χ3n) is 4.53. The van der Waals surface area contributed by atoms with Gasteiger partial charge in [0.05, 0.1) is 22.5 Å². The molecule has 8 heteroatoms. The van der Waals surface area contributed by atoms with Crippen LogP contribution in [0.15, 0.2) is 63.7 Å². The number of imidazole rings is 1. The van der Waals surface area contributed by atoms with E-state index in [4.69, 9.17) is 4.98 Å². The smallest absolute Gasteiger partial charge is 0.276 e. The van der Waals surface area contributed by atoms with Gasteiger partial charge in [-0.15, -0.1) is 0 Å². The van der Waals surface area contributed by atoms with Crippen molar-refractivity contribution < 1.29 is 8.42 Å². The second kappa shape index (κ2) is 7.44. The average Bonchev–Trinajstić information content (AvgIpc) is 3.25. The molecule has 1 aromatic heterocycles. The van der Waals surface area contributed by atoms with Crippen LogP contribution in [0.5, 0.6) is 0 Å². The van der Waals surface area contributed by atoms with E-state index in [1.165, 1.54) is 5.56 Å². The molecule has 6 nitrogen and oxygen atoms in total. The number of hydrogen-bond acceptors (Lipinski definition) is 5. The fourth-order valence-corrected chi connectivity index (χ4v) is 4.73. The van der Waals surface area contributed by atoms with Crippen molar-refractivity contribution >= 4 is 28.0 Å². The third-order valence-corrected chi connectivity index (χ3v) is 6.73. The summed E-state index contributed by atoms with van der Waals surface area (Å²) >= 11 is 1.69. The fraction of sp³-hybridized carbons (Fsp3) is 0.200. The lowest BCUT2D eigenvalue weighted by atomic mass is 10.1. The zero-order valence-electron chi connectivity index (χ0n) is 15.6. The summed E-state index contributed by atoms with van der Waals surface area (Å²) in [6, 6.07) is 14.8. The fourth-order valence-electron chi connectivity index (χ4n) is 2.98. The molecule has 1 aliphatic heterocycles. The van der Waals surface area contributed by atoms with Crippen LogP contribution in [0.3, 0.4) is 0 Å². The molecule has 0 saturated heterocycles. The highest BCUT2D eigenvalue weighted by molar-refractivity contribution is 7.99. The molecule has 144 valence electrons. The second-order valence-corrected chi connectivity index (χ2v) is 9.38. The molecule has 2 aromatic carbocycles. The number of benzene rings is 2. The third kappa shape index (κ3) is 3.70. The molecule has 0 saturated carbocycles. The van der Waals surface area contributed by atoms with Gasteiger partial charge in [-0.05, 0) is 26.0 Å². The Balaban J connectivity index is 1.64. The molecule has 2 heterocycles. The lowest BCUT2D eigenvalue weighted by Gasteiger charge is -2.05. The Bertz CT molecular complexity index is 1130. The number of nitrogens with one attached hydrogen (secondary N) is 1. The Morgan fingerprint density at radius 1 is 1.07 bits per heavy atom. The van der Waals surface area contributed by atoms with Crippen molar-refractivity contribution in [1.29, 1.82) is 0 Å². The first kappa shape index (κ1) is 18.8. The van der Waals surface area contributed by atoms with Crippen molar-refractivity contribution in [3.05, 3.63) is 65.4 Å². The number of thioether (sulfide) groups is 1. The van der Waals surface area contributed by atoms with Crippen LogP contribution < -0.4 is 4.83 Å². The molecule has 0 atom stereocenters. The molecule has 0 radical (unpaired) electrons. The Morgan fingerprint density at radius 2 is 1.71 bits per heavy atom. The van der Waals surface area contributed by atoms with Gasteiger partial charge in [0.2, 0.25) is 0 Å². The summed E-state index contributed by atoms with van der Waals surface area (Å²) in [6.45, 7) is 4.77. The summed E-state index contributed by atoms with van der Waals surface area (Å²) < 4.78 is 27.0. The minimum absolute atomic E-state index is 0.183. The summed E-state index contributed by atoms with van der Waals surface area (Å²) in [6.07, 6.45) is 1.54. The van der Waals surface area contributed by atoms with Crippen LogP contribution in [0.25, 0.3) is 11.3 Å². The molecule has 28 heavy (non-hydrogen) atoms. The van der Waals surface area contributed by atoms with Crippen LogP contribution in [0.4, 0.5) is 0 Å². The molecule has 1 N–H and O–H groups in total. The first-order chi connectivity index (χ1) is 13.4. The molecule has 4 rings (SSSR count). The number of aryl methyl sites for hydroxylation is 2. The summed E-state index contributed by atoms with van der Waals surface area (Å²) in [5, 5.41) is 4.96. The van der Waals surface area contributed by atoms with Crippen LogP contribution in [-0.4, -0.2) is 29.9 Å². The zero-order chi connectivity index (χ0) is 19.7. The molecule has 0 aliphatic carbocycles. The van der Waals surface area contributed by atoms with E-state index in [0.717, 1.165) is 40.0 Å². The highest BCUT2D eigenvalue weighted by Crippen LogP contribution is 2.32. The van der Waals surface area contributed by atoms with Crippen molar-refractivity contribution in [2.45, 2.75) is 30.4 Å². The lowest BCUT2D eigenvalue weighted by Crippen LogP contribution is -2.18. The average molecular weight is 413 g/mol. The minimum atomic E-state index is -3.71. The Kier molecular flexibility index (Phi) is 4.99. The molecule has 0 fully saturated rings. The predicted molar refractivity (Wildman–Crippen MR) is 112 cm³/mol. The number of sulfonamides is 1. The van der Waals surface area contributed by atoms with Crippen LogP contribution in [0.2, 0.25) is 0 Å². The van der Waals surface area contributed by atoms with Gasteiger partial charge < -0.3 is 4.57 Å². The first-order valence-electron chi connectivity index (χ1n) is 8.86. The van der Waals surface area contributed by atoms with E-state index in [9.17, 15) is 8.42 Å². The highest BCUT2D eigenvalue weighted by Gasteiger charge is 2.22. The van der Waals surface area contributed by atoms with E-state index in [-0.39, 0.29) is 4.90 Å². The minimum Gasteiger partial charge on any atom is -0.317 e. The molecule has 0 bridgehead atoms. The highest BCUT2D eigenvalue weighted by atomic mass is 32.2. The van der Waals surface area contributed by atoms with E-state index in [1.807, 2.05) is 38.1 Å². The molecular weight excluding hydrogens is 392 g/mol. The van der Waals surface area contributed by atoms with Crippen molar-refractivity contribution in [2.75, 3.05) is 5.75 Å². The van der Waals surface area contributed by atoms with E-state index >= 15 is 0 Å². The van der Waals surface area contributed by atoms with Gasteiger partial charge >= 0.3 is 0 Å². The van der Waals surface area contributed by atoms with Gasteiger partial charge in [0.15, 0.2) is 5.16 Å². The zero-order valence-corrected chi connectivity index (χ0v) is 17.2. The van der Waals surface area contributed by atoms with E-state index in [1.54, 1.807) is 42.2 Å². The lowest BCUT2D eigenvalue weighted by molar-refractivity contribution is 0.584. The normalized spacial score (nSPS) is 13.8. The summed E-state index contributed by atoms with van der Waals surface area (Å²) in [4.78, 5) is 7.22. The largest absolute Gasteiger partial charge is 0.317 e. The Morgan fingerprint density at radius 3 is 2.39 bits per heavy atom. The van der Waals surface area contributed by atoms with Gasteiger partial charge in [-0.2, -0.15) is 13.5 Å². The van der Waals surface area contributed by atoms with Gasteiger partial charge in [0, 0.05) is 17.9 Å². The molecule has 3 aromatic rings. The van der Waals surface area contributed by atoms with Crippen LogP contribution in [-0.2, 0) is 16.6 Å². The summed E-state index contributed by atoms with van der Waals surface area (Å²) in [5.41, 5.74) is 4.76. The van der Waals surface area contributed by atoms with E-state index in [2.05, 4.69) is 14.5 Å². The number of nitrogens with zero attached hydrogens (tertiary/aromatic N) is 3. The maximum atomic E-state index is 12.4. The number of fused-ring (bicyclic) bond motifs is 1. The van der Waals surface area contributed by atoms with Crippen LogP contribution in [0.1, 0.15) is 16.8 Å². The van der Waals surface area contributed by atoms with Crippen molar-refractivity contribution in [1.82, 2.24) is 14.4 Å². The Labute approximate surface area is 168 Å². The summed E-state index contributed by atoms with van der Waals surface area (Å²) in [5.74, 6) is 0.951. The molecule has 0 amide bonds. The number of hydrogen-bond donors (Lipinski definition) is 1. The number of hydrazone groups is 1. The van der Waals surface area contributed by atoms with Crippen LogP contribution >= 0.6 is 11.8 Å². The van der Waals surface area contributed by atoms with Crippen LogP contribution in [0, 0.1) is 13.8 Å². The van der Waals surface area contributed by atoms with Gasteiger partial charge in [-0.1, -0.05) is 59.3 Å². The molecule has 0 spiro atoms. The second-order valence-electron chi connectivity index (χ2n) is 6.66. The van der Waals surface area contributed by atoms with E-state index < -0.39 is 10.0 Å². The number of rotatable bonds is 5. The quantitative estimate of drug-likeness (QED) is 0.513. The van der Waals surface area contributed by atoms with Gasteiger partial charge in [0.1, 0.15) is 0 Å². The Hall–Kier alpha value is -2.58. The standard InChI is InChI=1S/C20H20N4O2S2/c1-14-3-7-16(8-4-14)19-18(24-11-12-27-20(24)22-19)13-21-23-28(25,26)17-9-5-15(2)6-10-17/h3-10,13,23H,11-12H2,1-2H3/b21-13+. The van der Waals surface area contributed by atoms with Gasteiger partial charge in [0.25, 0.3) is 10.0 Å². The van der Waals surface area contributed by atoms with Gasteiger partial charge in [-0.25, -0.2) is 9.82 Å². The van der Waals surface area contributed by atoms with Gasteiger partial charge in [-0.3, -0.25) is 0 Å². The summed E-state index contributed by atoms with van der Waals surface area (Å²) in [7, 11) is -3.71. The predicted octanol–water partition coefficient (Wildman–Crippen LogP) is 3.59. The molecule has 0 unspecified atom stereocenters. The van der Waals surface area contributed by atoms with Crippen molar-refractivity contribution in [3.63, 3.8) is 0 Å². The molecule has 1 aliphatic rings. The molecular formula is C20H20N4O2S2. The maximum Gasteiger partial charge on any atom is 0.276 e. The monoisotopic (exact) mass is 412 g/mol. The van der Waals surface area contributed by atoms with Crippen molar-refractivity contribution in [2.24, 2.45) is 5.10 Å². The maximum absolute atomic E-state index is 12.4. The van der Waals surface area contributed by atoms with Crippen molar-refractivity contribution in [3.8, 4) is 11.3 Å². The topological polar surface area (TPSA) is 76.3 Å². The first-order valence-corrected chi connectivity index (χ1v) is 11.3. The van der Waals surface area contributed by atoms with E-state index in [0.29, 0.717) is 0 Å². The number of aromatic nitrogens is 2. The SMILES string of the molecule is Cc1ccc(-c2nc3n(c2/C=N/NS(=O)(=O)c2ccc(C)cc2)CCS3)cc1.